The Labute approximate surface area is 257 Å². The number of aromatic hydroxyl groups is 1. The van der Waals surface area contributed by atoms with Gasteiger partial charge < -0.3 is 38.7 Å². The Morgan fingerprint density at radius 3 is 1.20 bits per heavy atom. The molecule has 0 aromatic heterocycles. The molecule has 11 N–H and O–H groups in total. The van der Waals surface area contributed by atoms with Crippen LogP contribution in [0.25, 0.3) is 0 Å². The molecule has 0 fully saturated rings. The number of phenolic OH excluding ortho intramolecular Hbond substituents is 1. The predicted octanol–water partition coefficient (Wildman–Crippen LogP) is -1.20. The topological polar surface area (TPSA) is 291 Å². The van der Waals surface area contributed by atoms with E-state index >= 15 is 0 Å². The fraction of sp³-hybridized carbons (Fsp3) is 0.154. The van der Waals surface area contributed by atoms with Gasteiger partial charge in [-0.05, 0) is 42.5 Å². The molecule has 17 nitrogen and oxygen atoms in total. The highest BCUT2D eigenvalue weighted by atomic mass is 32.2. The van der Waals surface area contributed by atoms with E-state index < -0.39 is 69.9 Å². The first-order valence-electron chi connectivity index (χ1n) is 12.7. The van der Waals surface area contributed by atoms with Crippen molar-refractivity contribution in [2.45, 2.75) is 9.79 Å². The van der Waals surface area contributed by atoms with E-state index in [1.54, 1.807) is 0 Å². The number of rotatable bonds is 16. The third-order valence-corrected chi connectivity index (χ3v) is 9.34. The number of phenols is 1. The third kappa shape index (κ3) is 9.37. The van der Waals surface area contributed by atoms with Gasteiger partial charge in [-0.2, -0.15) is 8.61 Å². The highest BCUT2D eigenvalue weighted by Crippen LogP contribution is 2.30. The number of amides is 4. The number of benzene rings is 3. The van der Waals surface area contributed by atoms with Crippen LogP contribution in [0, 0.1) is 0 Å². The molecule has 3 aromatic carbocycles. The molecule has 45 heavy (non-hydrogen) atoms. The number of sulfonamides is 2. The van der Waals surface area contributed by atoms with E-state index in [4.69, 9.17) is 22.9 Å². The molecule has 0 atom stereocenters. The number of primary amides is 4. The second-order valence-corrected chi connectivity index (χ2v) is 13.4. The maximum atomic E-state index is 13.1. The standard InChI is InChI=1S/C26H30N8O9S2/c27-23(36)12-33(13-24(28)37)44(40,41)21-5-1-3-16(10-21)31-18-7-19(9-20(35)8-18)32-17-4-2-6-22(11-17)45(42,43)34(14-25(29)38)15-26(30)39/h1-11,31-32,35H,12-15H2,(H2,27,36)(H2,28,37)(H2,29,38)(H2,30,39). The van der Waals surface area contributed by atoms with E-state index in [1.165, 1.54) is 66.7 Å². The summed E-state index contributed by atoms with van der Waals surface area (Å²) >= 11 is 0. The van der Waals surface area contributed by atoms with Crippen LogP contribution < -0.4 is 33.6 Å². The van der Waals surface area contributed by atoms with Gasteiger partial charge in [-0.3, -0.25) is 19.2 Å². The lowest BCUT2D eigenvalue weighted by Gasteiger charge is -2.20. The van der Waals surface area contributed by atoms with Gasteiger partial charge in [0.25, 0.3) is 0 Å². The summed E-state index contributed by atoms with van der Waals surface area (Å²) in [5.41, 5.74) is 21.6. The molecule has 0 unspecified atom stereocenters. The summed E-state index contributed by atoms with van der Waals surface area (Å²) in [7, 11) is -8.75. The minimum atomic E-state index is -4.37. The van der Waals surface area contributed by atoms with Crippen molar-refractivity contribution in [2.75, 3.05) is 36.8 Å². The average Bonchev–Trinajstić information content (AvgIpc) is 2.91. The van der Waals surface area contributed by atoms with Gasteiger partial charge in [0.05, 0.1) is 36.0 Å². The SMILES string of the molecule is NC(=O)CN(CC(N)=O)S(=O)(=O)c1cccc(Nc2cc(O)cc(Nc3cccc(S(=O)(=O)N(CC(N)=O)CC(N)=O)c3)c2)c1. The van der Waals surface area contributed by atoms with Gasteiger partial charge in [0.1, 0.15) is 5.75 Å². The van der Waals surface area contributed by atoms with Gasteiger partial charge in [0, 0.05) is 34.9 Å². The van der Waals surface area contributed by atoms with E-state index in [-0.39, 0.29) is 38.3 Å². The Bertz CT molecular complexity index is 1690. The van der Waals surface area contributed by atoms with Crippen LogP contribution in [0.4, 0.5) is 22.7 Å². The molecule has 0 aliphatic rings. The number of nitrogens with zero attached hydrogens (tertiary/aromatic N) is 2. The van der Waals surface area contributed by atoms with E-state index in [9.17, 15) is 41.1 Å². The van der Waals surface area contributed by atoms with E-state index in [0.717, 1.165) is 0 Å². The normalized spacial score (nSPS) is 11.7. The molecule has 19 heteroatoms. The highest BCUT2D eigenvalue weighted by Gasteiger charge is 2.29. The summed E-state index contributed by atoms with van der Waals surface area (Å²) in [6.45, 7) is -3.11. The van der Waals surface area contributed by atoms with Crippen LogP contribution in [0.15, 0.2) is 76.5 Å². The summed E-state index contributed by atoms with van der Waals surface area (Å²) in [5.74, 6) is -4.20. The first-order valence-corrected chi connectivity index (χ1v) is 15.6. The van der Waals surface area contributed by atoms with Crippen LogP contribution in [0.2, 0.25) is 0 Å². The first kappa shape index (κ1) is 34.3. The number of carbonyl (C=O) groups is 4. The maximum absolute atomic E-state index is 13.1. The number of nitrogens with one attached hydrogen (secondary N) is 2. The molecule has 3 aromatic rings. The van der Waals surface area contributed by atoms with Crippen molar-refractivity contribution in [3.8, 4) is 5.75 Å². The Morgan fingerprint density at radius 1 is 0.556 bits per heavy atom. The monoisotopic (exact) mass is 662 g/mol. The highest BCUT2D eigenvalue weighted by molar-refractivity contribution is 7.89. The number of hydrogen-bond donors (Lipinski definition) is 7. The van der Waals surface area contributed by atoms with Crippen LogP contribution in [-0.2, 0) is 39.2 Å². The number of nitrogens with two attached hydrogens (primary N) is 4. The Morgan fingerprint density at radius 2 is 0.889 bits per heavy atom. The molecular weight excluding hydrogens is 632 g/mol. The van der Waals surface area contributed by atoms with E-state index in [0.29, 0.717) is 8.61 Å². The summed E-state index contributed by atoms with van der Waals surface area (Å²) in [4.78, 5) is 45.0. The zero-order chi connectivity index (χ0) is 33.5. The summed E-state index contributed by atoms with van der Waals surface area (Å²) in [5, 5.41) is 16.2. The molecule has 0 aliphatic heterocycles. The van der Waals surface area contributed by atoms with Gasteiger partial charge in [0.2, 0.25) is 43.7 Å². The molecule has 240 valence electrons. The molecule has 0 spiro atoms. The van der Waals surface area contributed by atoms with Crippen LogP contribution in [0.5, 0.6) is 5.75 Å². The van der Waals surface area contributed by atoms with Crippen molar-refractivity contribution >= 4 is 66.4 Å². The van der Waals surface area contributed by atoms with Gasteiger partial charge in [-0.25, -0.2) is 16.8 Å². The fourth-order valence-electron chi connectivity index (χ4n) is 4.00. The van der Waals surface area contributed by atoms with Crippen molar-refractivity contribution in [3.63, 3.8) is 0 Å². The molecule has 0 saturated carbocycles. The summed E-state index contributed by atoms with van der Waals surface area (Å²) in [6.07, 6.45) is 0. The molecule has 0 saturated heterocycles. The molecule has 0 aliphatic carbocycles. The lowest BCUT2D eigenvalue weighted by molar-refractivity contribution is -0.121. The average molecular weight is 663 g/mol. The number of anilines is 4. The Balaban J connectivity index is 1.88. The molecule has 0 bridgehead atoms. The smallest absolute Gasteiger partial charge is 0.244 e. The second kappa shape index (κ2) is 14.0. The lowest BCUT2D eigenvalue weighted by atomic mass is 10.2. The zero-order valence-electron chi connectivity index (χ0n) is 23.4. The molecule has 0 heterocycles. The minimum absolute atomic E-state index is 0.224. The number of carbonyl (C=O) groups excluding carboxylic acids is 4. The summed E-state index contributed by atoms with van der Waals surface area (Å²) < 4.78 is 53.5. The van der Waals surface area contributed by atoms with Crippen LogP contribution in [-0.4, -0.2) is 80.4 Å². The molecule has 4 amide bonds. The quantitative estimate of drug-likeness (QED) is 0.0956. The van der Waals surface area contributed by atoms with Gasteiger partial charge in [0.15, 0.2) is 0 Å². The second-order valence-electron chi connectivity index (χ2n) is 9.49. The van der Waals surface area contributed by atoms with Crippen LogP contribution in [0.1, 0.15) is 0 Å². The lowest BCUT2D eigenvalue weighted by Crippen LogP contribution is -2.43. The van der Waals surface area contributed by atoms with Gasteiger partial charge in [-0.15, -0.1) is 0 Å². The predicted molar refractivity (Wildman–Crippen MR) is 162 cm³/mol. The summed E-state index contributed by atoms with van der Waals surface area (Å²) in [6, 6.07) is 14.9. The molecule has 0 radical (unpaired) electrons. The van der Waals surface area contributed by atoms with E-state index in [2.05, 4.69) is 10.6 Å². The van der Waals surface area contributed by atoms with Crippen molar-refractivity contribution in [3.05, 3.63) is 66.7 Å². The van der Waals surface area contributed by atoms with Crippen molar-refractivity contribution < 1.29 is 41.1 Å². The van der Waals surface area contributed by atoms with Crippen molar-refractivity contribution in [2.24, 2.45) is 22.9 Å². The van der Waals surface area contributed by atoms with Crippen molar-refractivity contribution in [1.29, 1.82) is 0 Å². The molecular formula is C26H30N8O9S2. The third-order valence-electron chi connectivity index (χ3n) is 5.77. The zero-order valence-corrected chi connectivity index (χ0v) is 25.0. The van der Waals surface area contributed by atoms with Crippen molar-refractivity contribution in [1.82, 2.24) is 8.61 Å². The fourth-order valence-corrected chi connectivity index (χ4v) is 6.84. The van der Waals surface area contributed by atoms with E-state index in [1.807, 2.05) is 0 Å². The van der Waals surface area contributed by atoms with Gasteiger partial charge in [-0.1, -0.05) is 12.1 Å². The molecule has 3 rings (SSSR count). The maximum Gasteiger partial charge on any atom is 0.244 e. The van der Waals surface area contributed by atoms with Crippen LogP contribution in [0.3, 0.4) is 0 Å². The largest absolute Gasteiger partial charge is 0.508 e. The van der Waals surface area contributed by atoms with Crippen LogP contribution >= 0.6 is 0 Å². The first-order chi connectivity index (χ1) is 21.0. The Kier molecular flexibility index (Phi) is 10.7. The minimum Gasteiger partial charge on any atom is -0.508 e. The Hall–Kier alpha value is -5.24. The van der Waals surface area contributed by atoms with Gasteiger partial charge >= 0.3 is 0 Å². The number of hydrogen-bond acceptors (Lipinski definition) is 11.